The Kier molecular flexibility index (Phi) is 5.95. The smallest absolute Gasteiger partial charge is 0.174 e. The lowest BCUT2D eigenvalue weighted by Gasteiger charge is -2.40. The van der Waals surface area contributed by atoms with E-state index >= 15 is 0 Å². The number of rotatable bonds is 5. The highest BCUT2D eigenvalue weighted by molar-refractivity contribution is 7.80. The van der Waals surface area contributed by atoms with Gasteiger partial charge in [0, 0.05) is 12.0 Å². The second kappa shape index (κ2) is 7.53. The molecule has 1 aromatic carbocycles. The molecule has 22 heavy (non-hydrogen) atoms. The van der Waals surface area contributed by atoms with Crippen molar-refractivity contribution in [1.82, 2.24) is 4.57 Å². The largest absolute Gasteiger partial charge is 0.450 e. The minimum Gasteiger partial charge on any atom is -0.450 e. The summed E-state index contributed by atoms with van der Waals surface area (Å²) >= 11 is 5.48. The molecule has 0 spiro atoms. The molecule has 0 heterocycles. The highest BCUT2D eigenvalue weighted by Crippen LogP contribution is 2.27. The molecule has 2 rings (SSSR count). The summed E-state index contributed by atoms with van der Waals surface area (Å²) in [5, 5.41) is 0.692. The SMILES string of the molecule is CCN(C1C=CC(C(=S)Oc2ccccc2)CC1)[Si](C)(C)C. The molecule has 1 aliphatic rings. The monoisotopic (exact) mass is 333 g/mol. The lowest BCUT2D eigenvalue weighted by Crippen LogP contribution is -2.51. The fraction of sp³-hybridized carbons (Fsp3) is 0.500. The second-order valence-corrected chi connectivity index (χ2v) is 12.1. The molecule has 0 fully saturated rings. The standard InChI is InChI=1S/C18H27NOSSi/c1-5-19(22(2,3)4)16-13-11-15(12-14-16)18(21)20-17-9-7-6-8-10-17/h6-11,13,15-16H,5,12,14H2,1-4H3. The van der Waals surface area contributed by atoms with Crippen molar-refractivity contribution in [3.8, 4) is 5.75 Å². The summed E-state index contributed by atoms with van der Waals surface area (Å²) in [6, 6.07) is 10.4. The number of nitrogens with zero attached hydrogens (tertiary/aromatic N) is 1. The molecule has 2 nitrogen and oxygen atoms in total. The summed E-state index contributed by atoms with van der Waals surface area (Å²) in [6.07, 6.45) is 6.84. The number of thiocarbonyl (C=S) groups is 1. The number of ether oxygens (including phenoxy) is 1. The Labute approximate surface area is 141 Å². The third-order valence-electron chi connectivity index (χ3n) is 4.21. The molecule has 2 unspecified atom stereocenters. The van der Waals surface area contributed by atoms with Crippen molar-refractivity contribution < 1.29 is 4.74 Å². The van der Waals surface area contributed by atoms with Crippen molar-refractivity contribution in [3.63, 3.8) is 0 Å². The quantitative estimate of drug-likeness (QED) is 0.433. The maximum absolute atomic E-state index is 5.82. The van der Waals surface area contributed by atoms with E-state index in [-0.39, 0.29) is 5.92 Å². The zero-order chi connectivity index (χ0) is 16.2. The average Bonchev–Trinajstić information content (AvgIpc) is 2.48. The van der Waals surface area contributed by atoms with Gasteiger partial charge < -0.3 is 9.30 Å². The molecule has 0 amide bonds. The number of likely N-dealkylation sites (N-methyl/N-ethyl adjacent to an activating group) is 1. The lowest BCUT2D eigenvalue weighted by molar-refractivity contribution is 0.337. The van der Waals surface area contributed by atoms with Crippen LogP contribution in [-0.2, 0) is 0 Å². The predicted molar refractivity (Wildman–Crippen MR) is 101 cm³/mol. The van der Waals surface area contributed by atoms with E-state index in [2.05, 4.69) is 43.3 Å². The maximum Gasteiger partial charge on any atom is 0.174 e. The van der Waals surface area contributed by atoms with Crippen molar-refractivity contribution >= 4 is 25.5 Å². The van der Waals surface area contributed by atoms with Gasteiger partial charge in [0.15, 0.2) is 5.05 Å². The van der Waals surface area contributed by atoms with Crippen LogP contribution in [0, 0.1) is 5.92 Å². The molecule has 0 saturated heterocycles. The minimum absolute atomic E-state index is 0.256. The summed E-state index contributed by atoms with van der Waals surface area (Å²) in [5.74, 6) is 1.09. The number of hydrogen-bond donors (Lipinski definition) is 0. The van der Waals surface area contributed by atoms with Gasteiger partial charge in [0.25, 0.3) is 0 Å². The Hall–Kier alpha value is -0.973. The number of benzene rings is 1. The van der Waals surface area contributed by atoms with Crippen LogP contribution in [-0.4, -0.2) is 30.4 Å². The van der Waals surface area contributed by atoms with Crippen LogP contribution in [0.4, 0.5) is 0 Å². The van der Waals surface area contributed by atoms with E-state index in [9.17, 15) is 0 Å². The maximum atomic E-state index is 5.82. The van der Waals surface area contributed by atoms with Gasteiger partial charge in [-0.05, 0) is 43.7 Å². The summed E-state index contributed by atoms with van der Waals surface area (Å²) in [5.41, 5.74) is 0. The summed E-state index contributed by atoms with van der Waals surface area (Å²) in [7, 11) is -1.27. The van der Waals surface area contributed by atoms with E-state index in [1.807, 2.05) is 30.3 Å². The van der Waals surface area contributed by atoms with Crippen molar-refractivity contribution in [1.29, 1.82) is 0 Å². The highest BCUT2D eigenvalue weighted by atomic mass is 32.1. The van der Waals surface area contributed by atoms with Gasteiger partial charge in [-0.1, -0.05) is 56.9 Å². The predicted octanol–water partition coefficient (Wildman–Crippen LogP) is 4.88. The van der Waals surface area contributed by atoms with Crippen LogP contribution in [0.15, 0.2) is 42.5 Å². The molecule has 2 atom stereocenters. The third kappa shape index (κ3) is 4.51. The first-order chi connectivity index (χ1) is 10.4. The first-order valence-corrected chi connectivity index (χ1v) is 12.0. The molecule has 0 saturated carbocycles. The second-order valence-electron chi connectivity index (χ2n) is 6.83. The van der Waals surface area contributed by atoms with Crippen molar-refractivity contribution in [2.75, 3.05) is 6.54 Å². The molecule has 1 aromatic rings. The Morgan fingerprint density at radius 2 is 1.86 bits per heavy atom. The molecule has 120 valence electrons. The molecule has 0 aliphatic heterocycles. The van der Waals surface area contributed by atoms with Crippen molar-refractivity contribution in [2.24, 2.45) is 5.92 Å². The van der Waals surface area contributed by atoms with Crippen LogP contribution in [0.25, 0.3) is 0 Å². The van der Waals surface area contributed by atoms with Crippen molar-refractivity contribution in [2.45, 2.75) is 45.4 Å². The zero-order valence-electron chi connectivity index (χ0n) is 14.1. The number of hydrogen-bond acceptors (Lipinski definition) is 3. The Balaban J connectivity index is 1.97. The van der Waals surface area contributed by atoms with Crippen LogP contribution in [0.1, 0.15) is 19.8 Å². The Morgan fingerprint density at radius 3 is 2.36 bits per heavy atom. The molecular formula is C18H27NOSSi. The fourth-order valence-electron chi connectivity index (χ4n) is 3.15. The van der Waals surface area contributed by atoms with Gasteiger partial charge >= 0.3 is 0 Å². The van der Waals surface area contributed by atoms with Gasteiger partial charge in [0.05, 0.1) is 0 Å². The first-order valence-electron chi connectivity index (χ1n) is 8.13. The molecule has 0 bridgehead atoms. The van der Waals surface area contributed by atoms with Gasteiger partial charge in [-0.3, -0.25) is 0 Å². The van der Waals surface area contributed by atoms with Gasteiger partial charge in [0.2, 0.25) is 0 Å². The molecule has 0 N–H and O–H groups in total. The minimum atomic E-state index is -1.27. The van der Waals surface area contributed by atoms with Gasteiger partial charge in [-0.15, -0.1) is 0 Å². The van der Waals surface area contributed by atoms with Crippen LogP contribution < -0.4 is 4.74 Å². The average molecular weight is 334 g/mol. The zero-order valence-corrected chi connectivity index (χ0v) is 15.9. The van der Waals surface area contributed by atoms with E-state index < -0.39 is 8.24 Å². The van der Waals surface area contributed by atoms with Crippen LogP contribution in [0.5, 0.6) is 5.75 Å². The first kappa shape index (κ1) is 17.4. The topological polar surface area (TPSA) is 12.5 Å². The van der Waals surface area contributed by atoms with Crippen LogP contribution >= 0.6 is 12.2 Å². The summed E-state index contributed by atoms with van der Waals surface area (Å²) in [4.78, 5) is 0. The van der Waals surface area contributed by atoms with E-state index in [0.29, 0.717) is 11.1 Å². The molecule has 0 radical (unpaired) electrons. The fourth-order valence-corrected chi connectivity index (χ4v) is 5.60. The van der Waals surface area contributed by atoms with Gasteiger partial charge in [-0.25, -0.2) is 0 Å². The molecule has 0 aromatic heterocycles. The summed E-state index contributed by atoms with van der Waals surface area (Å²) in [6.45, 7) is 10.6. The normalized spacial score (nSPS) is 21.9. The Morgan fingerprint density at radius 1 is 1.18 bits per heavy atom. The summed E-state index contributed by atoms with van der Waals surface area (Å²) < 4.78 is 8.50. The Bertz CT molecular complexity index is 524. The molecule has 1 aliphatic carbocycles. The van der Waals surface area contributed by atoms with E-state index in [4.69, 9.17) is 17.0 Å². The van der Waals surface area contributed by atoms with E-state index in [0.717, 1.165) is 25.1 Å². The van der Waals surface area contributed by atoms with Gasteiger partial charge in [-0.2, -0.15) is 0 Å². The van der Waals surface area contributed by atoms with Gasteiger partial charge in [0.1, 0.15) is 14.0 Å². The number of para-hydroxylation sites is 1. The lowest BCUT2D eigenvalue weighted by atomic mass is 9.93. The van der Waals surface area contributed by atoms with Crippen LogP contribution in [0.3, 0.4) is 0 Å². The highest BCUT2D eigenvalue weighted by Gasteiger charge is 2.30. The van der Waals surface area contributed by atoms with E-state index in [1.165, 1.54) is 0 Å². The molecule has 4 heteroatoms. The van der Waals surface area contributed by atoms with Crippen molar-refractivity contribution in [3.05, 3.63) is 42.5 Å². The van der Waals surface area contributed by atoms with E-state index in [1.54, 1.807) is 0 Å². The molecular weight excluding hydrogens is 306 g/mol. The van der Waals surface area contributed by atoms with Crippen LogP contribution in [0.2, 0.25) is 19.6 Å². The third-order valence-corrected chi connectivity index (χ3v) is 6.96.